The van der Waals surface area contributed by atoms with Crippen molar-refractivity contribution in [1.82, 2.24) is 5.32 Å². The minimum Gasteiger partial charge on any atom is -0.393 e. The summed E-state index contributed by atoms with van der Waals surface area (Å²) in [6, 6.07) is 10.7. The summed E-state index contributed by atoms with van der Waals surface area (Å²) in [5.74, 6) is 0.860. The molecule has 1 aromatic rings. The SMILES string of the molecule is CC1CCC(O)CC1.O=CNC1CC1OCCCc1ccccc1. The maximum absolute atomic E-state index is 10.1. The fourth-order valence-corrected chi connectivity index (χ4v) is 3.02. The van der Waals surface area contributed by atoms with Crippen molar-refractivity contribution in [2.75, 3.05) is 6.61 Å². The number of rotatable bonds is 7. The van der Waals surface area contributed by atoms with Crippen LogP contribution in [0.1, 0.15) is 51.0 Å². The van der Waals surface area contributed by atoms with E-state index in [2.05, 4.69) is 36.5 Å². The van der Waals surface area contributed by atoms with Crippen molar-refractivity contribution in [3.05, 3.63) is 35.9 Å². The van der Waals surface area contributed by atoms with E-state index in [1.54, 1.807) is 0 Å². The van der Waals surface area contributed by atoms with E-state index < -0.39 is 0 Å². The number of aliphatic hydroxyl groups excluding tert-OH is 1. The molecule has 1 aromatic carbocycles. The Morgan fingerprint density at radius 2 is 1.92 bits per heavy atom. The smallest absolute Gasteiger partial charge is 0.207 e. The number of carbonyl (C=O) groups excluding carboxylic acids is 1. The normalized spacial score (nSPS) is 28.4. The zero-order valence-electron chi connectivity index (χ0n) is 14.7. The zero-order chi connectivity index (χ0) is 17.2. The van der Waals surface area contributed by atoms with Crippen LogP contribution in [0.3, 0.4) is 0 Å². The van der Waals surface area contributed by atoms with E-state index in [0.29, 0.717) is 0 Å². The molecule has 0 bridgehead atoms. The van der Waals surface area contributed by atoms with E-state index >= 15 is 0 Å². The highest BCUT2D eigenvalue weighted by atomic mass is 16.5. The minimum atomic E-state index is 0.0196. The van der Waals surface area contributed by atoms with Gasteiger partial charge in [-0.25, -0.2) is 0 Å². The van der Waals surface area contributed by atoms with Crippen LogP contribution in [0, 0.1) is 5.92 Å². The maximum Gasteiger partial charge on any atom is 0.207 e. The van der Waals surface area contributed by atoms with Gasteiger partial charge in [-0.1, -0.05) is 37.3 Å². The van der Waals surface area contributed by atoms with Crippen LogP contribution in [0.25, 0.3) is 0 Å². The van der Waals surface area contributed by atoms with Crippen LogP contribution in [0.15, 0.2) is 30.3 Å². The van der Waals surface area contributed by atoms with Crippen molar-refractivity contribution < 1.29 is 14.6 Å². The lowest BCUT2D eigenvalue weighted by Gasteiger charge is -2.21. The number of amides is 1. The van der Waals surface area contributed by atoms with Crippen LogP contribution in [-0.4, -0.2) is 36.4 Å². The van der Waals surface area contributed by atoms with E-state index in [1.165, 1.54) is 18.4 Å². The van der Waals surface area contributed by atoms with Gasteiger partial charge in [0.15, 0.2) is 0 Å². The average Bonchev–Trinajstić information content (AvgIpc) is 3.34. The highest BCUT2D eigenvalue weighted by Gasteiger charge is 2.37. The number of carbonyl (C=O) groups is 1. The van der Waals surface area contributed by atoms with Crippen LogP contribution in [0.4, 0.5) is 0 Å². The maximum atomic E-state index is 10.1. The van der Waals surface area contributed by atoms with Crippen molar-refractivity contribution >= 4 is 6.41 Å². The summed E-state index contributed by atoms with van der Waals surface area (Å²) in [6.07, 6.45) is 8.58. The molecule has 3 rings (SSSR count). The first kappa shape index (κ1) is 18.9. The predicted molar refractivity (Wildman–Crippen MR) is 95.7 cm³/mol. The number of hydrogen-bond donors (Lipinski definition) is 2. The second-order valence-corrected chi connectivity index (χ2v) is 7.04. The molecule has 0 aliphatic heterocycles. The van der Waals surface area contributed by atoms with E-state index in [0.717, 1.165) is 51.0 Å². The van der Waals surface area contributed by atoms with Gasteiger partial charge in [-0.3, -0.25) is 4.79 Å². The lowest BCUT2D eigenvalue weighted by atomic mass is 9.89. The van der Waals surface area contributed by atoms with E-state index in [9.17, 15) is 4.79 Å². The van der Waals surface area contributed by atoms with E-state index in [4.69, 9.17) is 9.84 Å². The van der Waals surface area contributed by atoms with Crippen molar-refractivity contribution in [3.63, 3.8) is 0 Å². The highest BCUT2D eigenvalue weighted by Crippen LogP contribution is 2.25. The topological polar surface area (TPSA) is 58.6 Å². The molecule has 1 amide bonds. The molecule has 2 N–H and O–H groups in total. The summed E-state index contributed by atoms with van der Waals surface area (Å²) in [5, 5.41) is 11.7. The molecule has 0 saturated heterocycles. The monoisotopic (exact) mass is 333 g/mol. The quantitative estimate of drug-likeness (QED) is 0.595. The van der Waals surface area contributed by atoms with Crippen LogP contribution >= 0.6 is 0 Å². The third kappa shape index (κ3) is 7.45. The van der Waals surface area contributed by atoms with Crippen molar-refractivity contribution in [2.24, 2.45) is 5.92 Å². The highest BCUT2D eigenvalue weighted by molar-refractivity contribution is 5.47. The average molecular weight is 333 g/mol. The molecular formula is C20H31NO3. The first-order valence-electron chi connectivity index (χ1n) is 9.22. The molecule has 4 heteroatoms. The Kier molecular flexibility index (Phi) is 8.26. The zero-order valence-corrected chi connectivity index (χ0v) is 14.7. The molecule has 2 aliphatic carbocycles. The van der Waals surface area contributed by atoms with Gasteiger partial charge >= 0.3 is 0 Å². The molecule has 0 aromatic heterocycles. The largest absolute Gasteiger partial charge is 0.393 e. The Morgan fingerprint density at radius 3 is 2.54 bits per heavy atom. The summed E-state index contributed by atoms with van der Waals surface area (Å²) >= 11 is 0. The van der Waals surface area contributed by atoms with Crippen LogP contribution in [0.5, 0.6) is 0 Å². The molecule has 24 heavy (non-hydrogen) atoms. The van der Waals surface area contributed by atoms with Gasteiger partial charge < -0.3 is 15.2 Å². The molecule has 0 heterocycles. The molecule has 0 spiro atoms. The summed E-state index contributed by atoms with van der Waals surface area (Å²) in [6.45, 7) is 3.03. The fraction of sp³-hybridized carbons (Fsp3) is 0.650. The summed E-state index contributed by atoms with van der Waals surface area (Å²) < 4.78 is 5.62. The Labute approximate surface area is 145 Å². The van der Waals surface area contributed by atoms with Gasteiger partial charge in [0.05, 0.1) is 18.2 Å². The minimum absolute atomic E-state index is 0.0196. The van der Waals surface area contributed by atoms with Gasteiger partial charge in [-0.15, -0.1) is 0 Å². The van der Waals surface area contributed by atoms with Crippen LogP contribution < -0.4 is 5.32 Å². The Balaban J connectivity index is 0.000000219. The molecule has 2 atom stereocenters. The standard InChI is InChI=1S/C13H17NO2.C7H14O/c15-10-14-12-9-13(12)16-8-4-7-11-5-2-1-3-6-11;1-6-2-4-7(8)5-3-6/h1-3,5-6,10,12-13H,4,7-9H2,(H,14,15);6-8H,2-5H2,1H3. The molecule has 2 aliphatic rings. The number of nitrogens with one attached hydrogen (secondary N) is 1. The van der Waals surface area contributed by atoms with E-state index in [1.807, 2.05) is 6.07 Å². The first-order chi connectivity index (χ1) is 11.7. The molecule has 0 radical (unpaired) electrons. The number of hydrogen-bond acceptors (Lipinski definition) is 3. The van der Waals surface area contributed by atoms with Crippen LogP contribution in [0.2, 0.25) is 0 Å². The van der Waals surface area contributed by atoms with Crippen molar-refractivity contribution in [3.8, 4) is 0 Å². The Hall–Kier alpha value is -1.39. The Bertz CT molecular complexity index is 447. The van der Waals surface area contributed by atoms with Gasteiger partial charge in [-0.2, -0.15) is 0 Å². The molecule has 4 nitrogen and oxygen atoms in total. The van der Waals surface area contributed by atoms with Crippen molar-refractivity contribution in [2.45, 2.75) is 70.1 Å². The molecular weight excluding hydrogens is 302 g/mol. The van der Waals surface area contributed by atoms with Gasteiger partial charge in [0, 0.05) is 6.61 Å². The van der Waals surface area contributed by atoms with Gasteiger partial charge in [0.2, 0.25) is 6.41 Å². The number of benzene rings is 1. The second-order valence-electron chi connectivity index (χ2n) is 7.04. The molecule has 2 fully saturated rings. The van der Waals surface area contributed by atoms with Gasteiger partial charge in [0.1, 0.15) is 0 Å². The summed E-state index contributed by atoms with van der Waals surface area (Å²) in [7, 11) is 0. The predicted octanol–water partition coefficient (Wildman–Crippen LogP) is 3.08. The first-order valence-corrected chi connectivity index (χ1v) is 9.22. The third-order valence-electron chi connectivity index (χ3n) is 4.78. The number of aliphatic hydroxyl groups is 1. The number of aryl methyl sites for hydroxylation is 1. The van der Waals surface area contributed by atoms with E-state index in [-0.39, 0.29) is 18.2 Å². The summed E-state index contributed by atoms with van der Waals surface area (Å²) in [5.41, 5.74) is 1.35. The number of ether oxygens (including phenoxy) is 1. The molecule has 2 saturated carbocycles. The lowest BCUT2D eigenvalue weighted by Crippen LogP contribution is -2.18. The van der Waals surface area contributed by atoms with Crippen LogP contribution in [-0.2, 0) is 16.0 Å². The summed E-state index contributed by atoms with van der Waals surface area (Å²) in [4.78, 5) is 10.1. The third-order valence-corrected chi connectivity index (χ3v) is 4.78. The van der Waals surface area contributed by atoms with Gasteiger partial charge in [-0.05, 0) is 56.4 Å². The van der Waals surface area contributed by atoms with Crippen molar-refractivity contribution in [1.29, 1.82) is 0 Å². The second kappa shape index (κ2) is 10.5. The Morgan fingerprint density at radius 1 is 1.21 bits per heavy atom. The molecule has 2 unspecified atom stereocenters. The molecule has 134 valence electrons. The lowest BCUT2D eigenvalue weighted by molar-refractivity contribution is -0.109. The van der Waals surface area contributed by atoms with Gasteiger partial charge in [0.25, 0.3) is 0 Å². The fourth-order valence-electron chi connectivity index (χ4n) is 3.02.